The second-order valence-electron chi connectivity index (χ2n) is 6.23. The number of hydrogen-bond donors (Lipinski definition) is 0. The molecule has 0 aliphatic heterocycles. The number of carbonyl (C=O) groups excluding carboxylic acids is 2. The second kappa shape index (κ2) is 9.73. The van der Waals surface area contributed by atoms with Crippen LogP contribution in [0.1, 0.15) is 30.6 Å². The summed E-state index contributed by atoms with van der Waals surface area (Å²) in [6.45, 7) is 2.15. The van der Waals surface area contributed by atoms with Crippen molar-refractivity contribution in [3.05, 3.63) is 71.8 Å². The number of hydrogen-bond acceptors (Lipinski definition) is 5. The zero-order valence-electron chi connectivity index (χ0n) is 15.4. The van der Waals surface area contributed by atoms with Gasteiger partial charge in [-0.05, 0) is 31.6 Å². The van der Waals surface area contributed by atoms with Crippen molar-refractivity contribution in [2.75, 3.05) is 20.7 Å². The first kappa shape index (κ1) is 19.7. The maximum absolute atomic E-state index is 12.3. The molecular formula is C21H25NO4. The molecule has 0 bridgehead atoms. The van der Waals surface area contributed by atoms with Crippen molar-refractivity contribution >= 4 is 11.9 Å². The van der Waals surface area contributed by atoms with Crippen LogP contribution in [0.5, 0.6) is 0 Å². The smallest absolute Gasteiger partial charge is 0.418 e. The molecule has 0 radical (unpaired) electrons. The highest BCUT2D eigenvalue weighted by Gasteiger charge is 2.25. The van der Waals surface area contributed by atoms with Gasteiger partial charge in [-0.2, -0.15) is 0 Å². The van der Waals surface area contributed by atoms with Crippen LogP contribution in [-0.2, 0) is 19.1 Å². The monoisotopic (exact) mass is 355 g/mol. The SMILES string of the molecule is CCC(COC(=O)C(=O)OC(c1ccccc1)c1ccccc1)N(C)C. The molecule has 26 heavy (non-hydrogen) atoms. The van der Waals surface area contributed by atoms with E-state index in [0.717, 1.165) is 17.5 Å². The molecule has 0 aromatic heterocycles. The maximum atomic E-state index is 12.3. The minimum atomic E-state index is -0.990. The van der Waals surface area contributed by atoms with Crippen LogP contribution in [-0.4, -0.2) is 43.6 Å². The lowest BCUT2D eigenvalue weighted by atomic mass is 10.0. The van der Waals surface area contributed by atoms with Gasteiger partial charge in [-0.25, -0.2) is 9.59 Å². The molecule has 138 valence electrons. The van der Waals surface area contributed by atoms with E-state index < -0.39 is 18.0 Å². The summed E-state index contributed by atoms with van der Waals surface area (Å²) in [7, 11) is 3.81. The van der Waals surface area contributed by atoms with Gasteiger partial charge in [0.25, 0.3) is 0 Å². The molecule has 2 rings (SSSR count). The summed E-state index contributed by atoms with van der Waals surface area (Å²) in [5.41, 5.74) is 1.58. The van der Waals surface area contributed by atoms with E-state index in [1.165, 1.54) is 0 Å². The predicted molar refractivity (Wildman–Crippen MR) is 99.5 cm³/mol. The molecule has 0 fully saturated rings. The molecule has 0 saturated carbocycles. The van der Waals surface area contributed by atoms with Crippen molar-refractivity contribution < 1.29 is 19.1 Å². The summed E-state index contributed by atoms with van der Waals surface area (Å²) in [5, 5.41) is 0. The molecule has 5 heteroatoms. The first-order valence-electron chi connectivity index (χ1n) is 8.67. The van der Waals surface area contributed by atoms with E-state index in [1.54, 1.807) is 0 Å². The standard InChI is InChI=1S/C21H25NO4/c1-4-18(22(2)3)15-25-20(23)21(24)26-19(16-11-7-5-8-12-16)17-13-9-6-10-14-17/h5-14,18-19H,4,15H2,1-3H3. The summed E-state index contributed by atoms with van der Waals surface area (Å²) < 4.78 is 10.6. The van der Waals surface area contributed by atoms with Gasteiger partial charge in [0.2, 0.25) is 0 Å². The molecule has 0 spiro atoms. The predicted octanol–water partition coefficient (Wildman–Crippen LogP) is 3.20. The van der Waals surface area contributed by atoms with E-state index >= 15 is 0 Å². The summed E-state index contributed by atoms with van der Waals surface area (Å²) in [6.07, 6.45) is 0.152. The van der Waals surface area contributed by atoms with E-state index in [0.29, 0.717) is 0 Å². The molecule has 1 atom stereocenters. The van der Waals surface area contributed by atoms with Gasteiger partial charge >= 0.3 is 11.9 Å². The van der Waals surface area contributed by atoms with Gasteiger partial charge in [0.15, 0.2) is 6.10 Å². The molecule has 0 amide bonds. The fourth-order valence-corrected chi connectivity index (χ4v) is 2.60. The normalized spacial score (nSPS) is 12.0. The van der Waals surface area contributed by atoms with Gasteiger partial charge in [0.05, 0.1) is 0 Å². The molecule has 0 heterocycles. The molecule has 0 saturated heterocycles. The minimum absolute atomic E-state index is 0.0609. The second-order valence-corrected chi connectivity index (χ2v) is 6.23. The number of carbonyl (C=O) groups is 2. The topological polar surface area (TPSA) is 55.8 Å². The lowest BCUT2D eigenvalue weighted by molar-refractivity contribution is -0.170. The van der Waals surface area contributed by atoms with Crippen molar-refractivity contribution in [2.24, 2.45) is 0 Å². The number of esters is 2. The highest BCUT2D eigenvalue weighted by Crippen LogP contribution is 2.26. The van der Waals surface area contributed by atoms with Gasteiger partial charge in [-0.1, -0.05) is 67.6 Å². The van der Waals surface area contributed by atoms with Gasteiger partial charge in [-0.15, -0.1) is 0 Å². The van der Waals surface area contributed by atoms with E-state index in [9.17, 15) is 9.59 Å². The summed E-state index contributed by atoms with van der Waals surface area (Å²) in [5.74, 6) is -1.96. The van der Waals surface area contributed by atoms with Crippen LogP contribution in [0.3, 0.4) is 0 Å². The van der Waals surface area contributed by atoms with Gasteiger partial charge in [0, 0.05) is 6.04 Å². The Labute approximate surface area is 154 Å². The molecule has 5 nitrogen and oxygen atoms in total. The Hall–Kier alpha value is -2.66. The number of benzene rings is 2. The molecule has 0 N–H and O–H groups in total. The van der Waals surface area contributed by atoms with Crippen molar-refractivity contribution in [3.63, 3.8) is 0 Å². The number of ether oxygens (including phenoxy) is 2. The Morgan fingerprint density at radius 1 is 0.885 bits per heavy atom. The fraction of sp³-hybridized carbons (Fsp3) is 0.333. The number of nitrogens with zero attached hydrogens (tertiary/aromatic N) is 1. The van der Waals surface area contributed by atoms with Crippen LogP contribution in [0.15, 0.2) is 60.7 Å². The Balaban J connectivity index is 2.08. The van der Waals surface area contributed by atoms with Crippen LogP contribution in [0, 0.1) is 0 Å². The average molecular weight is 355 g/mol. The van der Waals surface area contributed by atoms with Crippen molar-refractivity contribution in [2.45, 2.75) is 25.5 Å². The maximum Gasteiger partial charge on any atom is 0.418 e. The fourth-order valence-electron chi connectivity index (χ4n) is 2.60. The minimum Gasteiger partial charge on any atom is -0.456 e. The molecule has 1 unspecified atom stereocenters. The number of likely N-dealkylation sites (N-methyl/N-ethyl adjacent to an activating group) is 1. The van der Waals surface area contributed by atoms with Crippen molar-refractivity contribution in [1.29, 1.82) is 0 Å². The zero-order chi connectivity index (χ0) is 18.9. The molecule has 0 aliphatic carbocycles. The molecular weight excluding hydrogens is 330 g/mol. The summed E-state index contributed by atoms with van der Waals surface area (Å²) in [4.78, 5) is 26.3. The lowest BCUT2D eigenvalue weighted by Crippen LogP contribution is -2.34. The average Bonchev–Trinajstić information content (AvgIpc) is 2.67. The van der Waals surface area contributed by atoms with Gasteiger partial charge in [-0.3, -0.25) is 0 Å². The molecule has 0 aliphatic rings. The van der Waals surface area contributed by atoms with Crippen LogP contribution in [0.2, 0.25) is 0 Å². The first-order valence-corrected chi connectivity index (χ1v) is 8.67. The largest absolute Gasteiger partial charge is 0.456 e. The highest BCUT2D eigenvalue weighted by atomic mass is 16.6. The lowest BCUT2D eigenvalue weighted by Gasteiger charge is -2.22. The summed E-state index contributed by atoms with van der Waals surface area (Å²) >= 11 is 0. The van der Waals surface area contributed by atoms with E-state index in [1.807, 2.05) is 86.6 Å². The van der Waals surface area contributed by atoms with Gasteiger partial charge < -0.3 is 14.4 Å². The first-order chi connectivity index (χ1) is 12.5. The number of rotatable bonds is 7. The quantitative estimate of drug-likeness (QED) is 0.564. The van der Waals surface area contributed by atoms with E-state index in [-0.39, 0.29) is 12.6 Å². The van der Waals surface area contributed by atoms with E-state index in [4.69, 9.17) is 9.47 Å². The Bertz CT molecular complexity index is 661. The zero-order valence-corrected chi connectivity index (χ0v) is 15.4. The van der Waals surface area contributed by atoms with Gasteiger partial charge in [0.1, 0.15) is 6.61 Å². The Morgan fingerprint density at radius 3 is 1.81 bits per heavy atom. The Morgan fingerprint density at radius 2 is 1.38 bits per heavy atom. The third kappa shape index (κ3) is 5.43. The highest BCUT2D eigenvalue weighted by molar-refractivity contribution is 6.29. The molecule has 2 aromatic rings. The summed E-state index contributed by atoms with van der Waals surface area (Å²) in [6, 6.07) is 18.7. The van der Waals surface area contributed by atoms with Crippen molar-refractivity contribution in [3.8, 4) is 0 Å². The van der Waals surface area contributed by atoms with E-state index in [2.05, 4.69) is 0 Å². The third-order valence-corrected chi connectivity index (χ3v) is 4.20. The van der Waals surface area contributed by atoms with Crippen LogP contribution in [0.4, 0.5) is 0 Å². The Kier molecular flexibility index (Phi) is 7.36. The van der Waals surface area contributed by atoms with Crippen LogP contribution >= 0.6 is 0 Å². The van der Waals surface area contributed by atoms with Crippen molar-refractivity contribution in [1.82, 2.24) is 4.90 Å². The molecule has 2 aromatic carbocycles. The van der Waals surface area contributed by atoms with Crippen LogP contribution in [0.25, 0.3) is 0 Å². The third-order valence-electron chi connectivity index (χ3n) is 4.20. The van der Waals surface area contributed by atoms with Crippen LogP contribution < -0.4 is 0 Å².